The quantitative estimate of drug-likeness (QED) is 0.633. The summed E-state index contributed by atoms with van der Waals surface area (Å²) in [6.07, 6.45) is 5.34. The summed E-state index contributed by atoms with van der Waals surface area (Å²) in [5.74, 6) is 1.30. The Hall–Kier alpha value is -2.01. The molecule has 5 heteroatoms. The first-order valence-corrected chi connectivity index (χ1v) is 7.51. The molecule has 1 aromatic rings. The molecule has 0 radical (unpaired) electrons. The van der Waals surface area contributed by atoms with Crippen LogP contribution in [-0.2, 0) is 4.79 Å². The lowest BCUT2D eigenvalue weighted by atomic mass is 10.1. The predicted octanol–water partition coefficient (Wildman–Crippen LogP) is 2.83. The fourth-order valence-electron chi connectivity index (χ4n) is 1.75. The van der Waals surface area contributed by atoms with E-state index in [1.54, 1.807) is 23.8 Å². The first-order valence-electron chi connectivity index (χ1n) is 6.53. The average Bonchev–Trinajstić information content (AvgIpc) is 2.53. The molecule has 0 aliphatic carbocycles. The van der Waals surface area contributed by atoms with Crippen molar-refractivity contribution in [3.8, 4) is 5.75 Å². The van der Waals surface area contributed by atoms with E-state index in [4.69, 9.17) is 4.74 Å². The number of carbonyl (C=O) groups is 1. The largest absolute Gasteiger partial charge is 0.497 e. The molecule has 4 nitrogen and oxygen atoms in total. The van der Waals surface area contributed by atoms with Crippen LogP contribution in [0.3, 0.4) is 0 Å². The fraction of sp³-hybridized carbons (Fsp3) is 0.250. The van der Waals surface area contributed by atoms with Crippen LogP contribution in [0.25, 0.3) is 4.91 Å². The molecule has 0 N–H and O–H groups in total. The first kappa shape index (κ1) is 15.4. The third-order valence-electron chi connectivity index (χ3n) is 2.87. The molecule has 1 aliphatic heterocycles. The molecule has 0 atom stereocenters. The highest BCUT2D eigenvalue weighted by molar-refractivity contribution is 8.08. The first-order chi connectivity index (χ1) is 10.1. The summed E-state index contributed by atoms with van der Waals surface area (Å²) in [6, 6.07) is 7.90. The van der Waals surface area contributed by atoms with Crippen molar-refractivity contribution in [3.05, 3.63) is 47.6 Å². The molecule has 0 spiro atoms. The lowest BCUT2D eigenvalue weighted by Gasteiger charge is -2.13. The van der Waals surface area contributed by atoms with Gasteiger partial charge in [-0.1, -0.05) is 18.2 Å². The van der Waals surface area contributed by atoms with Gasteiger partial charge in [-0.25, -0.2) is 0 Å². The number of allylic oxidation sites excluding steroid dienone is 2. The van der Waals surface area contributed by atoms with Crippen molar-refractivity contribution < 1.29 is 9.53 Å². The molecule has 21 heavy (non-hydrogen) atoms. The van der Waals surface area contributed by atoms with Crippen molar-refractivity contribution in [3.63, 3.8) is 0 Å². The van der Waals surface area contributed by atoms with Crippen LogP contribution in [0.4, 0.5) is 0 Å². The van der Waals surface area contributed by atoms with Crippen LogP contribution in [0.15, 0.2) is 47.0 Å². The summed E-state index contributed by atoms with van der Waals surface area (Å²) < 4.78 is 5.15. The lowest BCUT2D eigenvalue weighted by Crippen LogP contribution is -2.11. The van der Waals surface area contributed by atoms with E-state index in [2.05, 4.69) is 4.99 Å². The van der Waals surface area contributed by atoms with E-state index in [0.717, 1.165) is 21.8 Å². The maximum Gasteiger partial charge on any atom is 0.275 e. The molecule has 1 aromatic carbocycles. The van der Waals surface area contributed by atoms with Gasteiger partial charge in [-0.05, 0) is 23.8 Å². The van der Waals surface area contributed by atoms with E-state index < -0.39 is 0 Å². The molecule has 0 aromatic heterocycles. The van der Waals surface area contributed by atoms with Crippen LogP contribution in [0.1, 0.15) is 5.56 Å². The number of carbonyl (C=O) groups excluding carboxylic acids is 1. The molecule has 0 saturated carbocycles. The van der Waals surface area contributed by atoms with E-state index >= 15 is 0 Å². The van der Waals surface area contributed by atoms with Crippen LogP contribution in [0, 0.1) is 0 Å². The van der Waals surface area contributed by atoms with Crippen LogP contribution in [-0.4, -0.2) is 44.1 Å². The number of nitrogens with zero attached hydrogens (tertiary/aromatic N) is 2. The van der Waals surface area contributed by atoms with Gasteiger partial charge in [-0.15, -0.1) is 11.8 Å². The second-order valence-corrected chi connectivity index (χ2v) is 5.77. The maximum atomic E-state index is 11.9. The van der Waals surface area contributed by atoms with Gasteiger partial charge in [0.15, 0.2) is 0 Å². The number of rotatable bonds is 4. The number of benzene rings is 1. The number of amides is 1. The third kappa shape index (κ3) is 4.23. The lowest BCUT2D eigenvalue weighted by molar-refractivity contribution is -0.114. The number of aliphatic imine (C=N–C) groups is 1. The molecule has 0 saturated heterocycles. The normalized spacial score (nSPS) is 14.6. The van der Waals surface area contributed by atoms with Gasteiger partial charge < -0.3 is 9.64 Å². The van der Waals surface area contributed by atoms with Gasteiger partial charge in [0.2, 0.25) is 0 Å². The minimum atomic E-state index is -0.179. The molecule has 1 heterocycles. The molecular weight excluding hydrogens is 284 g/mol. The number of hydrogen-bond acceptors (Lipinski definition) is 3. The number of hydrogen-bond donors (Lipinski definition) is 0. The molecule has 0 unspecified atom stereocenters. The van der Waals surface area contributed by atoms with E-state index in [0.29, 0.717) is 5.75 Å². The van der Waals surface area contributed by atoms with Crippen molar-refractivity contribution >= 4 is 28.9 Å². The highest BCUT2D eigenvalue weighted by Crippen LogP contribution is 2.33. The van der Waals surface area contributed by atoms with Gasteiger partial charge in [0.1, 0.15) is 5.75 Å². The van der Waals surface area contributed by atoms with Crippen molar-refractivity contribution in [1.29, 1.82) is 0 Å². The predicted molar refractivity (Wildman–Crippen MR) is 88.7 cm³/mol. The third-order valence-corrected chi connectivity index (χ3v) is 4.01. The van der Waals surface area contributed by atoms with Crippen molar-refractivity contribution in [2.24, 2.45) is 4.99 Å². The second kappa shape index (κ2) is 7.13. The smallest absolute Gasteiger partial charge is 0.275 e. The Morgan fingerprint density at radius 3 is 2.52 bits per heavy atom. The van der Waals surface area contributed by atoms with Crippen LogP contribution in [0.2, 0.25) is 0 Å². The molecule has 110 valence electrons. The van der Waals surface area contributed by atoms with Gasteiger partial charge in [0.25, 0.3) is 5.91 Å². The van der Waals surface area contributed by atoms with Crippen LogP contribution in [0.5, 0.6) is 5.75 Å². The summed E-state index contributed by atoms with van der Waals surface area (Å²) in [6.45, 7) is 0. The Balaban J connectivity index is 2.10. The molecule has 0 fully saturated rings. The Morgan fingerprint density at radius 1 is 1.29 bits per heavy atom. The Kier molecular flexibility index (Phi) is 5.22. The second-order valence-electron chi connectivity index (χ2n) is 4.75. The van der Waals surface area contributed by atoms with Gasteiger partial charge >= 0.3 is 0 Å². The fourth-order valence-corrected chi connectivity index (χ4v) is 2.74. The molecule has 1 amide bonds. The molecule has 0 bridgehead atoms. The standard InChI is InChI=1S/C16H18N2O2S/c1-18(2)11-17-16(19)13-6-9-15(21-10-13)12-4-7-14(20-3)8-5-12/h4-9,11H,10H2,1-3H3. The minimum Gasteiger partial charge on any atom is -0.497 e. The van der Waals surface area contributed by atoms with Gasteiger partial charge in [-0.2, -0.15) is 4.99 Å². The summed E-state index contributed by atoms with van der Waals surface area (Å²) in [5.41, 5.74) is 1.84. The summed E-state index contributed by atoms with van der Waals surface area (Å²) in [5, 5.41) is 0. The van der Waals surface area contributed by atoms with Gasteiger partial charge in [0.05, 0.1) is 13.4 Å². The van der Waals surface area contributed by atoms with Crippen molar-refractivity contribution in [2.75, 3.05) is 27.0 Å². The van der Waals surface area contributed by atoms with Crippen LogP contribution < -0.4 is 4.74 Å². The molecule has 1 aliphatic rings. The average molecular weight is 302 g/mol. The number of thioether (sulfide) groups is 1. The zero-order chi connectivity index (χ0) is 15.2. The minimum absolute atomic E-state index is 0.179. The zero-order valence-electron chi connectivity index (χ0n) is 12.4. The SMILES string of the molecule is COc1ccc(C2=CC=C(C(=O)N=CN(C)C)CS2)cc1. The van der Waals surface area contributed by atoms with Crippen molar-refractivity contribution in [2.45, 2.75) is 0 Å². The van der Waals surface area contributed by atoms with Crippen LogP contribution >= 0.6 is 11.8 Å². The number of methoxy groups -OCH3 is 1. The van der Waals surface area contributed by atoms with E-state index in [9.17, 15) is 4.79 Å². The van der Waals surface area contributed by atoms with E-state index in [1.165, 1.54) is 6.34 Å². The summed E-state index contributed by atoms with van der Waals surface area (Å²) in [4.78, 5) is 18.7. The molecular formula is C16H18N2O2S. The molecule has 2 rings (SSSR count). The highest BCUT2D eigenvalue weighted by Gasteiger charge is 2.14. The van der Waals surface area contributed by atoms with Gasteiger partial charge in [0, 0.05) is 30.3 Å². The summed E-state index contributed by atoms with van der Waals surface area (Å²) >= 11 is 1.64. The topological polar surface area (TPSA) is 41.9 Å². The Morgan fingerprint density at radius 2 is 2.00 bits per heavy atom. The van der Waals surface area contributed by atoms with Crippen molar-refractivity contribution in [1.82, 2.24) is 4.90 Å². The van der Waals surface area contributed by atoms with E-state index in [1.807, 2.05) is 50.5 Å². The Labute approximate surface area is 129 Å². The highest BCUT2D eigenvalue weighted by atomic mass is 32.2. The van der Waals surface area contributed by atoms with E-state index in [-0.39, 0.29) is 5.91 Å². The summed E-state index contributed by atoms with van der Waals surface area (Å²) in [7, 11) is 5.32. The van der Waals surface area contributed by atoms with Gasteiger partial charge in [-0.3, -0.25) is 4.79 Å². The zero-order valence-corrected chi connectivity index (χ0v) is 13.2. The number of ether oxygens (including phenoxy) is 1. The monoisotopic (exact) mass is 302 g/mol. The maximum absolute atomic E-state index is 11.9. The Bertz CT molecular complexity index is 601.